The molecule has 1 N–H and O–H groups in total. The maximum Gasteiger partial charge on any atom is 0.307 e. The van der Waals surface area contributed by atoms with E-state index in [9.17, 15) is 4.79 Å². The van der Waals surface area contributed by atoms with E-state index in [1.807, 2.05) is 12.1 Å². The predicted molar refractivity (Wildman–Crippen MR) is 75.7 cm³/mol. The second-order valence-electron chi connectivity index (χ2n) is 4.72. The van der Waals surface area contributed by atoms with Crippen LogP contribution in [0.25, 0.3) is 0 Å². The molecule has 1 aromatic rings. The lowest BCUT2D eigenvalue weighted by Crippen LogP contribution is -2.25. The van der Waals surface area contributed by atoms with E-state index in [0.717, 1.165) is 24.4 Å². The molecule has 0 aliphatic heterocycles. The van der Waals surface area contributed by atoms with Crippen molar-refractivity contribution in [2.75, 3.05) is 26.7 Å². The van der Waals surface area contributed by atoms with Gasteiger partial charge in [0.15, 0.2) is 0 Å². The fourth-order valence-electron chi connectivity index (χ4n) is 1.74. The van der Waals surface area contributed by atoms with E-state index in [1.54, 1.807) is 12.1 Å². The molecule has 0 fully saturated rings. The number of likely N-dealkylation sites (N-methyl/N-ethyl adjacent to an activating group) is 1. The average molecular weight is 265 g/mol. The number of carboxylic acid groups (broad SMARTS) is 1. The number of rotatable bonds is 9. The van der Waals surface area contributed by atoms with Crippen LogP contribution in [0.5, 0.6) is 5.75 Å². The van der Waals surface area contributed by atoms with E-state index < -0.39 is 5.97 Å². The minimum absolute atomic E-state index is 0.0556. The zero-order chi connectivity index (χ0) is 14.1. The Labute approximate surface area is 115 Å². The maximum atomic E-state index is 10.6. The van der Waals surface area contributed by atoms with E-state index in [4.69, 9.17) is 9.84 Å². The molecule has 0 aromatic heterocycles. The Bertz CT molecular complexity index is 375. The molecule has 19 heavy (non-hydrogen) atoms. The number of hydrogen-bond donors (Lipinski definition) is 1. The summed E-state index contributed by atoms with van der Waals surface area (Å²) < 4.78 is 5.63. The van der Waals surface area contributed by atoms with Gasteiger partial charge in [-0.05, 0) is 37.7 Å². The molecule has 4 heteroatoms. The van der Waals surface area contributed by atoms with E-state index in [-0.39, 0.29) is 6.42 Å². The summed E-state index contributed by atoms with van der Waals surface area (Å²) in [6.45, 7) is 4.83. The first-order valence-electron chi connectivity index (χ1n) is 6.74. The van der Waals surface area contributed by atoms with Gasteiger partial charge in [0.25, 0.3) is 0 Å². The molecule has 0 spiro atoms. The molecule has 0 aliphatic carbocycles. The summed E-state index contributed by atoms with van der Waals surface area (Å²) in [5.41, 5.74) is 0.792. The lowest BCUT2D eigenvalue weighted by atomic mass is 10.1. The monoisotopic (exact) mass is 265 g/mol. The SMILES string of the molecule is CCCCN(C)CCOc1ccc(CC(=O)O)cc1. The van der Waals surface area contributed by atoms with Gasteiger partial charge in [0, 0.05) is 6.54 Å². The molecule has 0 bridgehead atoms. The van der Waals surface area contributed by atoms with Crippen LogP contribution in [0.3, 0.4) is 0 Å². The number of aliphatic carboxylic acids is 1. The zero-order valence-electron chi connectivity index (χ0n) is 11.8. The van der Waals surface area contributed by atoms with Crippen LogP contribution in [0.15, 0.2) is 24.3 Å². The molecule has 0 aliphatic rings. The van der Waals surface area contributed by atoms with E-state index in [1.165, 1.54) is 12.8 Å². The molecular formula is C15H23NO3. The fourth-order valence-corrected chi connectivity index (χ4v) is 1.74. The van der Waals surface area contributed by atoms with E-state index >= 15 is 0 Å². The average Bonchev–Trinajstić information content (AvgIpc) is 2.38. The molecule has 0 saturated heterocycles. The largest absolute Gasteiger partial charge is 0.492 e. The maximum absolute atomic E-state index is 10.6. The lowest BCUT2D eigenvalue weighted by molar-refractivity contribution is -0.136. The van der Waals surface area contributed by atoms with Crippen molar-refractivity contribution < 1.29 is 14.6 Å². The molecule has 0 radical (unpaired) electrons. The standard InChI is InChI=1S/C15H23NO3/c1-3-4-9-16(2)10-11-19-14-7-5-13(6-8-14)12-15(17)18/h5-8H,3-4,9-12H2,1-2H3,(H,17,18). The summed E-state index contributed by atoms with van der Waals surface area (Å²) in [5.74, 6) is -0.0238. The van der Waals surface area contributed by atoms with Gasteiger partial charge in [-0.2, -0.15) is 0 Å². The summed E-state index contributed by atoms with van der Waals surface area (Å²) in [6.07, 6.45) is 2.47. The highest BCUT2D eigenvalue weighted by Crippen LogP contribution is 2.12. The first-order valence-corrected chi connectivity index (χ1v) is 6.74. The van der Waals surface area contributed by atoms with Crippen molar-refractivity contribution in [3.63, 3.8) is 0 Å². The molecule has 106 valence electrons. The van der Waals surface area contributed by atoms with Crippen molar-refractivity contribution in [2.24, 2.45) is 0 Å². The third-order valence-electron chi connectivity index (χ3n) is 2.91. The Morgan fingerprint density at radius 1 is 1.26 bits per heavy atom. The van der Waals surface area contributed by atoms with Gasteiger partial charge in [-0.15, -0.1) is 0 Å². The van der Waals surface area contributed by atoms with Crippen LogP contribution in [0, 0.1) is 0 Å². The van der Waals surface area contributed by atoms with Gasteiger partial charge < -0.3 is 14.7 Å². The molecule has 0 saturated carbocycles. The number of benzene rings is 1. The first-order chi connectivity index (χ1) is 9.11. The minimum atomic E-state index is -0.814. The second kappa shape index (κ2) is 8.53. The number of nitrogens with zero attached hydrogens (tertiary/aromatic N) is 1. The van der Waals surface area contributed by atoms with Gasteiger partial charge in [0.05, 0.1) is 6.42 Å². The summed E-state index contributed by atoms with van der Waals surface area (Å²) in [7, 11) is 2.09. The summed E-state index contributed by atoms with van der Waals surface area (Å²) in [4.78, 5) is 12.8. The van der Waals surface area contributed by atoms with Crippen LogP contribution >= 0.6 is 0 Å². The van der Waals surface area contributed by atoms with Crippen molar-refractivity contribution in [3.05, 3.63) is 29.8 Å². The molecule has 0 heterocycles. The number of hydrogen-bond acceptors (Lipinski definition) is 3. The van der Waals surface area contributed by atoms with Crippen LogP contribution in [-0.4, -0.2) is 42.7 Å². The topological polar surface area (TPSA) is 49.8 Å². The van der Waals surface area contributed by atoms with Crippen LogP contribution < -0.4 is 4.74 Å². The van der Waals surface area contributed by atoms with Crippen molar-refractivity contribution in [3.8, 4) is 5.75 Å². The smallest absolute Gasteiger partial charge is 0.307 e. The van der Waals surface area contributed by atoms with Crippen molar-refractivity contribution in [1.82, 2.24) is 4.90 Å². The van der Waals surface area contributed by atoms with Gasteiger partial charge in [0.1, 0.15) is 12.4 Å². The highest BCUT2D eigenvalue weighted by Gasteiger charge is 2.01. The van der Waals surface area contributed by atoms with Crippen LogP contribution in [-0.2, 0) is 11.2 Å². The number of ether oxygens (including phenoxy) is 1. The Morgan fingerprint density at radius 2 is 1.95 bits per heavy atom. The second-order valence-corrected chi connectivity index (χ2v) is 4.72. The Kier molecular flexibility index (Phi) is 6.97. The number of carbonyl (C=O) groups is 1. The van der Waals surface area contributed by atoms with Gasteiger partial charge >= 0.3 is 5.97 Å². The quantitative estimate of drug-likeness (QED) is 0.745. The van der Waals surface area contributed by atoms with E-state index in [2.05, 4.69) is 18.9 Å². The first kappa shape index (κ1) is 15.5. The Hall–Kier alpha value is -1.55. The number of carboxylic acids is 1. The Balaban J connectivity index is 2.27. The lowest BCUT2D eigenvalue weighted by Gasteiger charge is -2.16. The molecule has 0 unspecified atom stereocenters. The zero-order valence-corrected chi connectivity index (χ0v) is 11.8. The van der Waals surface area contributed by atoms with Crippen molar-refractivity contribution in [1.29, 1.82) is 0 Å². The molecule has 0 atom stereocenters. The van der Waals surface area contributed by atoms with Crippen molar-refractivity contribution in [2.45, 2.75) is 26.2 Å². The highest BCUT2D eigenvalue weighted by atomic mass is 16.5. The summed E-state index contributed by atoms with van der Waals surface area (Å²) >= 11 is 0. The minimum Gasteiger partial charge on any atom is -0.492 e. The molecule has 1 rings (SSSR count). The van der Waals surface area contributed by atoms with Gasteiger partial charge in [-0.25, -0.2) is 0 Å². The fraction of sp³-hybridized carbons (Fsp3) is 0.533. The third-order valence-corrected chi connectivity index (χ3v) is 2.91. The van der Waals surface area contributed by atoms with Gasteiger partial charge in [-0.3, -0.25) is 4.79 Å². The van der Waals surface area contributed by atoms with Gasteiger partial charge in [0.2, 0.25) is 0 Å². The molecule has 1 aromatic carbocycles. The van der Waals surface area contributed by atoms with E-state index in [0.29, 0.717) is 6.61 Å². The van der Waals surface area contributed by atoms with Gasteiger partial charge in [-0.1, -0.05) is 25.5 Å². The Morgan fingerprint density at radius 3 is 2.53 bits per heavy atom. The van der Waals surface area contributed by atoms with Crippen LogP contribution in [0.4, 0.5) is 0 Å². The summed E-state index contributed by atoms with van der Waals surface area (Å²) in [6, 6.07) is 7.24. The normalized spacial score (nSPS) is 10.7. The predicted octanol–water partition coefficient (Wildman–Crippen LogP) is 2.42. The molecule has 4 nitrogen and oxygen atoms in total. The van der Waals surface area contributed by atoms with Crippen LogP contribution in [0.1, 0.15) is 25.3 Å². The van der Waals surface area contributed by atoms with Crippen LogP contribution in [0.2, 0.25) is 0 Å². The van der Waals surface area contributed by atoms with Crippen molar-refractivity contribution >= 4 is 5.97 Å². The summed E-state index contributed by atoms with van der Waals surface area (Å²) in [5, 5.41) is 8.67. The third kappa shape index (κ3) is 6.82. The number of unbranched alkanes of at least 4 members (excludes halogenated alkanes) is 1. The molecule has 0 amide bonds. The highest BCUT2D eigenvalue weighted by molar-refractivity contribution is 5.70. The molecular weight excluding hydrogens is 242 g/mol.